The Morgan fingerprint density at radius 3 is 2.80 bits per heavy atom. The van der Waals surface area contributed by atoms with E-state index in [4.69, 9.17) is 10.4 Å². The summed E-state index contributed by atoms with van der Waals surface area (Å²) in [5.74, 6) is 0.529. The van der Waals surface area contributed by atoms with Crippen molar-refractivity contribution in [3.63, 3.8) is 0 Å². The maximum absolute atomic E-state index is 10.8. The van der Waals surface area contributed by atoms with Gasteiger partial charge in [-0.05, 0) is 24.1 Å². The van der Waals surface area contributed by atoms with Gasteiger partial charge in [-0.1, -0.05) is 19.9 Å². The van der Waals surface area contributed by atoms with Crippen molar-refractivity contribution < 1.29 is 9.90 Å². The van der Waals surface area contributed by atoms with Crippen LogP contribution in [0.1, 0.15) is 31.0 Å². The van der Waals surface area contributed by atoms with Crippen LogP contribution < -0.4 is 5.32 Å². The number of rotatable bonds is 3. The molecule has 2 N–H and O–H groups in total. The van der Waals surface area contributed by atoms with E-state index in [9.17, 15) is 4.79 Å². The molecule has 1 heterocycles. The molecule has 6 heteroatoms. The summed E-state index contributed by atoms with van der Waals surface area (Å²) >= 11 is 0. The lowest BCUT2D eigenvalue weighted by Crippen LogP contribution is -2.12. The molecule has 0 aliphatic rings. The third kappa shape index (κ3) is 2.78. The van der Waals surface area contributed by atoms with Crippen molar-refractivity contribution in [2.75, 3.05) is 5.32 Å². The van der Waals surface area contributed by atoms with Gasteiger partial charge in [-0.25, -0.2) is 9.48 Å². The summed E-state index contributed by atoms with van der Waals surface area (Å²) in [5, 5.41) is 24.5. The maximum Gasteiger partial charge on any atom is 0.410 e. The molecule has 6 nitrogen and oxygen atoms in total. The smallest absolute Gasteiger partial charge is 0.410 e. The molecule has 102 valence electrons. The highest BCUT2D eigenvalue weighted by atomic mass is 16.4. The van der Waals surface area contributed by atoms with E-state index in [2.05, 4.69) is 10.4 Å². The van der Waals surface area contributed by atoms with Crippen molar-refractivity contribution in [1.29, 1.82) is 5.26 Å². The van der Waals surface area contributed by atoms with Crippen LogP contribution in [0.4, 0.5) is 10.6 Å². The zero-order valence-electron chi connectivity index (χ0n) is 11.2. The molecule has 1 aromatic heterocycles. The van der Waals surface area contributed by atoms with Crippen LogP contribution in [0, 0.1) is 11.3 Å². The first-order valence-electron chi connectivity index (χ1n) is 6.11. The molecule has 1 aromatic carbocycles. The lowest BCUT2D eigenvalue weighted by molar-refractivity contribution is 0.209. The number of hydrogen-bond donors (Lipinski definition) is 2. The first-order chi connectivity index (χ1) is 9.51. The van der Waals surface area contributed by atoms with E-state index in [0.29, 0.717) is 17.1 Å². The van der Waals surface area contributed by atoms with E-state index in [1.807, 2.05) is 19.9 Å². The maximum atomic E-state index is 10.8. The second-order valence-electron chi connectivity index (χ2n) is 4.61. The molecule has 0 aliphatic carbocycles. The minimum Gasteiger partial charge on any atom is -0.465 e. The molecule has 0 aliphatic heterocycles. The number of nitriles is 1. The molecule has 20 heavy (non-hydrogen) atoms. The minimum absolute atomic E-state index is 0.171. The Labute approximate surface area is 116 Å². The summed E-state index contributed by atoms with van der Waals surface area (Å²) in [6.45, 7) is 3.95. The monoisotopic (exact) mass is 270 g/mol. The molecule has 0 spiro atoms. The van der Waals surface area contributed by atoms with Gasteiger partial charge in [0.05, 0.1) is 23.0 Å². The fourth-order valence-electron chi connectivity index (χ4n) is 1.78. The van der Waals surface area contributed by atoms with Crippen molar-refractivity contribution in [3.05, 3.63) is 41.6 Å². The zero-order valence-corrected chi connectivity index (χ0v) is 11.2. The van der Waals surface area contributed by atoms with Gasteiger partial charge in [0, 0.05) is 6.07 Å². The Balaban J connectivity index is 2.53. The third-order valence-electron chi connectivity index (χ3n) is 2.77. The van der Waals surface area contributed by atoms with Crippen molar-refractivity contribution in [1.82, 2.24) is 9.78 Å². The molecule has 0 fully saturated rings. The average Bonchev–Trinajstić information content (AvgIpc) is 2.82. The van der Waals surface area contributed by atoms with E-state index in [0.717, 1.165) is 5.69 Å². The van der Waals surface area contributed by atoms with E-state index in [1.165, 1.54) is 4.68 Å². The predicted octanol–water partition coefficient (Wildman–Crippen LogP) is 2.96. The van der Waals surface area contributed by atoms with Crippen molar-refractivity contribution >= 4 is 11.9 Å². The number of nitrogens with one attached hydrogen (secondary N) is 1. The predicted molar refractivity (Wildman–Crippen MR) is 74.0 cm³/mol. The van der Waals surface area contributed by atoms with Gasteiger partial charge in [0.2, 0.25) is 0 Å². The van der Waals surface area contributed by atoms with E-state index >= 15 is 0 Å². The summed E-state index contributed by atoms with van der Waals surface area (Å²) in [5.41, 5.74) is 1.90. The fraction of sp³-hybridized carbons (Fsp3) is 0.214. The number of aromatic nitrogens is 2. The van der Waals surface area contributed by atoms with E-state index < -0.39 is 6.09 Å². The summed E-state index contributed by atoms with van der Waals surface area (Å²) in [6.07, 6.45) is -1.15. The highest BCUT2D eigenvalue weighted by molar-refractivity contribution is 5.82. The van der Waals surface area contributed by atoms with Gasteiger partial charge in [0.25, 0.3) is 0 Å². The molecule has 1 amide bonds. The van der Waals surface area contributed by atoms with Gasteiger partial charge < -0.3 is 5.11 Å². The molecule has 0 saturated heterocycles. The lowest BCUT2D eigenvalue weighted by Gasteiger charge is -2.07. The quantitative estimate of drug-likeness (QED) is 0.897. The van der Waals surface area contributed by atoms with Crippen LogP contribution in [-0.2, 0) is 0 Å². The Kier molecular flexibility index (Phi) is 3.71. The van der Waals surface area contributed by atoms with Gasteiger partial charge in [-0.2, -0.15) is 10.4 Å². The van der Waals surface area contributed by atoms with Crippen molar-refractivity contribution in [3.8, 4) is 11.8 Å². The Morgan fingerprint density at radius 2 is 2.20 bits per heavy atom. The first kappa shape index (κ1) is 13.6. The topological polar surface area (TPSA) is 90.9 Å². The minimum atomic E-state index is -1.15. The van der Waals surface area contributed by atoms with Crippen LogP contribution in [0.15, 0.2) is 30.3 Å². The van der Waals surface area contributed by atoms with Gasteiger partial charge >= 0.3 is 6.09 Å². The Bertz CT molecular complexity index is 683. The number of carbonyl (C=O) groups is 1. The third-order valence-corrected chi connectivity index (χ3v) is 2.77. The SMILES string of the molecule is CC(C)c1cc(NC(=O)O)n(-c2cccc(C#N)c2)n1. The molecule has 0 saturated carbocycles. The van der Waals surface area contributed by atoms with Crippen LogP contribution in [-0.4, -0.2) is 21.0 Å². The molecule has 0 atom stereocenters. The highest BCUT2D eigenvalue weighted by Crippen LogP contribution is 2.22. The van der Waals surface area contributed by atoms with Crippen LogP contribution in [0.3, 0.4) is 0 Å². The summed E-state index contributed by atoms with van der Waals surface area (Å²) in [7, 11) is 0. The second kappa shape index (κ2) is 5.45. The number of anilines is 1. The summed E-state index contributed by atoms with van der Waals surface area (Å²) in [6, 6.07) is 10.6. The number of benzene rings is 1. The fourth-order valence-corrected chi connectivity index (χ4v) is 1.78. The number of hydrogen-bond acceptors (Lipinski definition) is 3. The van der Waals surface area contributed by atoms with Crippen molar-refractivity contribution in [2.45, 2.75) is 19.8 Å². The second-order valence-corrected chi connectivity index (χ2v) is 4.61. The average molecular weight is 270 g/mol. The standard InChI is InChI=1S/C14H14N4O2/c1-9(2)12-7-13(16-14(19)20)18(17-12)11-5-3-4-10(6-11)8-15/h3-7,9,16H,1-2H3,(H,19,20). The Morgan fingerprint density at radius 1 is 1.45 bits per heavy atom. The number of amides is 1. The van der Waals surface area contributed by atoms with Gasteiger partial charge in [0.15, 0.2) is 0 Å². The lowest BCUT2D eigenvalue weighted by atomic mass is 10.1. The molecular weight excluding hydrogens is 256 g/mol. The Hall–Kier alpha value is -2.81. The van der Waals surface area contributed by atoms with Crippen LogP contribution >= 0.6 is 0 Å². The van der Waals surface area contributed by atoms with E-state index in [1.54, 1.807) is 30.3 Å². The molecular formula is C14H14N4O2. The summed E-state index contributed by atoms with van der Waals surface area (Å²) in [4.78, 5) is 10.8. The van der Waals surface area contributed by atoms with Crippen molar-refractivity contribution in [2.24, 2.45) is 0 Å². The zero-order chi connectivity index (χ0) is 14.7. The largest absolute Gasteiger partial charge is 0.465 e. The van der Waals surface area contributed by atoms with E-state index in [-0.39, 0.29) is 5.92 Å². The number of nitrogens with zero attached hydrogens (tertiary/aromatic N) is 3. The molecule has 0 radical (unpaired) electrons. The van der Waals surface area contributed by atoms with Gasteiger partial charge in [-0.15, -0.1) is 0 Å². The summed E-state index contributed by atoms with van der Waals surface area (Å²) < 4.78 is 1.49. The highest BCUT2D eigenvalue weighted by Gasteiger charge is 2.14. The first-order valence-corrected chi connectivity index (χ1v) is 6.11. The molecule has 2 rings (SSSR count). The molecule has 2 aromatic rings. The van der Waals surface area contributed by atoms with Crippen LogP contribution in [0.25, 0.3) is 5.69 Å². The van der Waals surface area contributed by atoms with Crippen LogP contribution in [0.5, 0.6) is 0 Å². The van der Waals surface area contributed by atoms with Crippen LogP contribution in [0.2, 0.25) is 0 Å². The van der Waals surface area contributed by atoms with Gasteiger partial charge in [-0.3, -0.25) is 5.32 Å². The number of carboxylic acid groups (broad SMARTS) is 1. The molecule has 0 unspecified atom stereocenters. The molecule has 0 bridgehead atoms. The van der Waals surface area contributed by atoms with Gasteiger partial charge in [0.1, 0.15) is 5.82 Å². The normalized spacial score (nSPS) is 10.3.